The van der Waals surface area contributed by atoms with Crippen LogP contribution in [0.3, 0.4) is 0 Å². The van der Waals surface area contributed by atoms with Crippen LogP contribution in [0.1, 0.15) is 73.2 Å². The van der Waals surface area contributed by atoms with Gasteiger partial charge in [-0.05, 0) is 86.8 Å². The van der Waals surface area contributed by atoms with Gasteiger partial charge in [-0.1, -0.05) is 49.7 Å². The number of amides is 2. The number of hydrogen-bond acceptors (Lipinski definition) is 5. The summed E-state index contributed by atoms with van der Waals surface area (Å²) in [6.07, 6.45) is 6.07. The molecule has 1 aliphatic carbocycles. The molecule has 3 N–H and O–H groups in total. The van der Waals surface area contributed by atoms with Gasteiger partial charge in [0.2, 0.25) is 5.91 Å². The Hall–Kier alpha value is -2.22. The lowest BCUT2D eigenvalue weighted by atomic mass is 9.82. The van der Waals surface area contributed by atoms with Crippen LogP contribution in [0.15, 0.2) is 41.8 Å². The molecule has 1 saturated carbocycles. The minimum atomic E-state index is -0.448. The summed E-state index contributed by atoms with van der Waals surface area (Å²) in [7, 11) is 0. The van der Waals surface area contributed by atoms with Crippen LogP contribution in [0.25, 0.3) is 0 Å². The van der Waals surface area contributed by atoms with Crippen LogP contribution < -0.4 is 11.1 Å². The summed E-state index contributed by atoms with van der Waals surface area (Å²) in [6, 6.07) is 12.3. The van der Waals surface area contributed by atoms with E-state index in [1.807, 2.05) is 22.4 Å². The fourth-order valence-electron chi connectivity index (χ4n) is 6.09. The van der Waals surface area contributed by atoms with E-state index < -0.39 is 6.04 Å². The number of piperidine rings is 1. The molecule has 2 aromatic rings. The predicted molar refractivity (Wildman–Crippen MR) is 156 cm³/mol. The highest BCUT2D eigenvalue weighted by Gasteiger charge is 2.39. The van der Waals surface area contributed by atoms with Crippen molar-refractivity contribution in [1.29, 1.82) is 0 Å². The first-order valence-electron chi connectivity index (χ1n) is 14.5. The Morgan fingerprint density at radius 2 is 1.79 bits per heavy atom. The normalized spacial score (nSPS) is 24.1. The number of carbonyl (C=O) groups is 2. The summed E-state index contributed by atoms with van der Waals surface area (Å²) < 4.78 is 0. The largest absolute Gasteiger partial charge is 0.354 e. The zero-order valence-electron chi connectivity index (χ0n) is 23.4. The van der Waals surface area contributed by atoms with E-state index in [-0.39, 0.29) is 17.9 Å². The first-order valence-corrected chi connectivity index (χ1v) is 15.3. The zero-order valence-corrected chi connectivity index (χ0v) is 24.2. The van der Waals surface area contributed by atoms with Crippen molar-refractivity contribution in [2.45, 2.75) is 77.9 Å². The van der Waals surface area contributed by atoms with Crippen molar-refractivity contribution in [3.05, 3.63) is 57.8 Å². The van der Waals surface area contributed by atoms with Gasteiger partial charge in [0.15, 0.2) is 0 Å². The molecule has 2 aliphatic rings. The number of nitrogens with two attached hydrogens (primary N) is 1. The number of thiophene rings is 1. The van der Waals surface area contributed by atoms with Gasteiger partial charge in [-0.3, -0.25) is 14.5 Å². The number of aryl methyl sites for hydroxylation is 1. The predicted octanol–water partition coefficient (Wildman–Crippen LogP) is 5.07. The molecule has 6 nitrogen and oxygen atoms in total. The number of nitrogens with zero attached hydrogens (tertiary/aromatic N) is 2. The molecule has 2 fully saturated rings. The summed E-state index contributed by atoms with van der Waals surface area (Å²) in [5, 5.41) is 5.19. The molecule has 7 heteroatoms. The van der Waals surface area contributed by atoms with Crippen LogP contribution in [-0.4, -0.2) is 59.9 Å². The highest BCUT2D eigenvalue weighted by atomic mass is 32.1. The van der Waals surface area contributed by atoms with Crippen LogP contribution in [0.5, 0.6) is 0 Å². The molecule has 38 heavy (non-hydrogen) atoms. The lowest BCUT2D eigenvalue weighted by Crippen LogP contribution is -2.57. The summed E-state index contributed by atoms with van der Waals surface area (Å²) >= 11 is 1.45. The molecule has 0 radical (unpaired) electrons. The van der Waals surface area contributed by atoms with Crippen LogP contribution in [-0.2, 0) is 11.3 Å². The van der Waals surface area contributed by atoms with Gasteiger partial charge in [-0.15, -0.1) is 11.3 Å². The number of hydrogen-bond donors (Lipinski definition) is 2. The van der Waals surface area contributed by atoms with Crippen molar-refractivity contribution in [3.63, 3.8) is 0 Å². The Kier molecular flexibility index (Phi) is 10.4. The Morgan fingerprint density at radius 1 is 1.08 bits per heavy atom. The molecule has 0 bridgehead atoms. The maximum absolute atomic E-state index is 13.7. The molecule has 208 valence electrons. The highest BCUT2D eigenvalue weighted by Crippen LogP contribution is 2.29. The van der Waals surface area contributed by atoms with Gasteiger partial charge in [0.05, 0.1) is 4.88 Å². The summed E-state index contributed by atoms with van der Waals surface area (Å²) in [5.41, 5.74) is 8.42. The monoisotopic (exact) mass is 538 g/mol. The van der Waals surface area contributed by atoms with Crippen molar-refractivity contribution < 1.29 is 9.59 Å². The Labute approximate surface area is 233 Å². The fraction of sp³-hybridized carbons (Fsp3) is 0.613. The maximum Gasteiger partial charge on any atom is 0.264 e. The quantitative estimate of drug-likeness (QED) is 0.443. The van der Waals surface area contributed by atoms with Crippen LogP contribution in [0, 0.1) is 24.7 Å². The van der Waals surface area contributed by atoms with E-state index in [2.05, 4.69) is 55.3 Å². The molecule has 1 aromatic carbocycles. The van der Waals surface area contributed by atoms with Crippen molar-refractivity contribution in [2.75, 3.05) is 26.2 Å². The maximum atomic E-state index is 13.7. The third-order valence-electron chi connectivity index (χ3n) is 8.36. The van der Waals surface area contributed by atoms with Crippen LogP contribution in [0.2, 0.25) is 0 Å². The average molecular weight is 539 g/mol. The van der Waals surface area contributed by atoms with E-state index in [9.17, 15) is 9.59 Å². The number of benzene rings is 1. The van der Waals surface area contributed by atoms with E-state index in [0.29, 0.717) is 42.1 Å². The number of rotatable bonds is 10. The zero-order chi connectivity index (χ0) is 27.1. The Bertz CT molecular complexity index is 1020. The fourth-order valence-corrected chi connectivity index (χ4v) is 6.76. The number of likely N-dealkylation sites (tertiary alicyclic amines) is 1. The van der Waals surface area contributed by atoms with Gasteiger partial charge in [0.25, 0.3) is 5.91 Å². The molecule has 0 spiro atoms. The number of nitrogens with one attached hydrogen (secondary N) is 1. The van der Waals surface area contributed by atoms with Crippen molar-refractivity contribution >= 4 is 23.2 Å². The third-order valence-corrected chi connectivity index (χ3v) is 9.22. The second-order valence-corrected chi connectivity index (χ2v) is 12.8. The van der Waals surface area contributed by atoms with E-state index in [1.165, 1.54) is 22.5 Å². The molecule has 1 aromatic heterocycles. The van der Waals surface area contributed by atoms with Gasteiger partial charge >= 0.3 is 0 Å². The van der Waals surface area contributed by atoms with Gasteiger partial charge in [0.1, 0.15) is 6.04 Å². The first kappa shape index (κ1) is 28.8. The Balaban J connectivity index is 1.47. The van der Waals surface area contributed by atoms with Gasteiger partial charge in [-0.2, -0.15) is 0 Å². The highest BCUT2D eigenvalue weighted by molar-refractivity contribution is 7.12. The standard InChI is InChI=1S/C31H46N4O2S/c1-22(2)20-34(21-26-8-6-23(3)7-9-26)27-14-15-35(31(37)29-5-4-16-38-29)28(17-27)30(36)33-19-25-12-10-24(18-32)11-13-25/h4-9,16,22,24-25,27-28H,10-15,17-21,32H2,1-3H3,(H,33,36)/t24?,25?,27?,28-/m1/s1. The smallest absolute Gasteiger partial charge is 0.264 e. The van der Waals surface area contributed by atoms with E-state index >= 15 is 0 Å². The molecular weight excluding hydrogens is 492 g/mol. The Morgan fingerprint density at radius 3 is 2.42 bits per heavy atom. The molecule has 2 heterocycles. The average Bonchev–Trinajstić information content (AvgIpc) is 3.47. The van der Waals surface area contributed by atoms with Crippen LogP contribution in [0.4, 0.5) is 0 Å². The minimum Gasteiger partial charge on any atom is -0.354 e. The first-order chi connectivity index (χ1) is 18.3. The van der Waals surface area contributed by atoms with Gasteiger partial charge in [0, 0.05) is 32.2 Å². The molecule has 4 rings (SSSR count). The van der Waals surface area contributed by atoms with E-state index in [1.54, 1.807) is 0 Å². The molecule has 2 amide bonds. The van der Waals surface area contributed by atoms with Gasteiger partial charge in [-0.25, -0.2) is 0 Å². The van der Waals surface area contributed by atoms with Crippen molar-refractivity contribution in [2.24, 2.45) is 23.5 Å². The summed E-state index contributed by atoms with van der Waals surface area (Å²) in [6.45, 7) is 10.5. The van der Waals surface area contributed by atoms with Gasteiger partial charge < -0.3 is 16.0 Å². The van der Waals surface area contributed by atoms with Crippen molar-refractivity contribution in [3.8, 4) is 0 Å². The second-order valence-electron chi connectivity index (χ2n) is 11.8. The van der Waals surface area contributed by atoms with E-state index in [0.717, 1.165) is 51.7 Å². The third kappa shape index (κ3) is 7.67. The topological polar surface area (TPSA) is 78.7 Å². The number of carbonyl (C=O) groups excluding carboxylic acids is 2. The molecule has 1 unspecified atom stereocenters. The lowest BCUT2D eigenvalue weighted by molar-refractivity contribution is -0.128. The van der Waals surface area contributed by atoms with Crippen LogP contribution >= 0.6 is 11.3 Å². The summed E-state index contributed by atoms with van der Waals surface area (Å²) in [4.78, 5) is 32.2. The second kappa shape index (κ2) is 13.7. The minimum absolute atomic E-state index is 0.000359. The molecular formula is C31H46N4O2S. The van der Waals surface area contributed by atoms with Crippen molar-refractivity contribution in [1.82, 2.24) is 15.1 Å². The SMILES string of the molecule is Cc1ccc(CN(CC(C)C)C2CCN(C(=O)c3cccs3)[C@@H](C(=O)NCC3CCC(CN)CC3)C2)cc1. The molecule has 2 atom stereocenters. The molecule has 1 saturated heterocycles. The van der Waals surface area contributed by atoms with E-state index in [4.69, 9.17) is 5.73 Å². The lowest BCUT2D eigenvalue weighted by Gasteiger charge is -2.43. The molecule has 1 aliphatic heterocycles. The summed E-state index contributed by atoms with van der Waals surface area (Å²) in [5.74, 6) is 1.63.